The van der Waals surface area contributed by atoms with E-state index in [-0.39, 0.29) is 16.7 Å². The third-order valence-electron chi connectivity index (χ3n) is 16.3. The lowest BCUT2D eigenvalue weighted by Gasteiger charge is -2.11. The maximum Gasteiger partial charge on any atom is 0.212 e. The van der Waals surface area contributed by atoms with Crippen LogP contribution in [0, 0.1) is 67.1 Å². The predicted octanol–water partition coefficient (Wildman–Crippen LogP) is 19.1. The zero-order valence-electron chi connectivity index (χ0n) is 69.8. The van der Waals surface area contributed by atoms with E-state index in [0.717, 1.165) is 46.4 Å². The van der Waals surface area contributed by atoms with Crippen LogP contribution in [-0.4, -0.2) is 0 Å². The minimum absolute atomic E-state index is 0.00357. The van der Waals surface area contributed by atoms with Gasteiger partial charge >= 0.3 is 0 Å². The van der Waals surface area contributed by atoms with E-state index in [9.17, 15) is 0 Å². The second-order valence-corrected chi connectivity index (χ2v) is 25.5. The third-order valence-corrected chi connectivity index (χ3v) is 16.3. The summed E-state index contributed by atoms with van der Waals surface area (Å²) in [5.41, 5.74) is 23.0. The van der Waals surface area contributed by atoms with Crippen LogP contribution in [0.1, 0.15) is 176 Å². The van der Waals surface area contributed by atoms with Gasteiger partial charge in [-0.1, -0.05) is 160 Å². The molecule has 90 heavy (non-hydrogen) atoms. The van der Waals surface area contributed by atoms with Crippen molar-refractivity contribution >= 4 is 0 Å². The van der Waals surface area contributed by atoms with Crippen molar-refractivity contribution in [3.63, 3.8) is 0 Å². The number of nitrogens with zero attached hydrogens (tertiary/aromatic N) is 5. The molecule has 470 valence electrons. The molecule has 0 N–H and O–H groups in total. The predicted molar refractivity (Wildman–Crippen MR) is 383 cm³/mol. The fourth-order valence-corrected chi connectivity index (χ4v) is 11.4. The summed E-state index contributed by atoms with van der Waals surface area (Å²) in [6.07, 6.45) is 11.8. The Morgan fingerprint density at radius 2 is 0.656 bits per heavy atom. The number of benzene rings is 5. The standard InChI is InChI=1S/5C17H22N/c2*1-12(2)16-10-17(18(5)11-14(16)4)15-9-7-6-8-13(15)3;1-12(2)16-11-18(5)17(10-14(16)4)15-9-7-6-8-13(15)3;1-13(2)11-15-9-10-18(4)17(12-15)16-8-6-5-7-14(16)3;1-13(2)11-15-9-10-17(18(4)12-15)16-8-6-5-7-14(16)3/h3*6-12H,1-5H3;2*5-10,12-13H,11H2,1-4H3/q5*+1/i1D3,4D3,12D;4D3,12D;12D;;. The van der Waals surface area contributed by atoms with Gasteiger partial charge in [-0.2, -0.15) is 0 Å². The molecule has 0 saturated carbocycles. The molecule has 1 unspecified atom stereocenters. The second-order valence-electron chi connectivity index (χ2n) is 25.5. The summed E-state index contributed by atoms with van der Waals surface area (Å²) >= 11 is 0. The minimum atomic E-state index is -2.66. The van der Waals surface area contributed by atoms with Gasteiger partial charge in [-0.15, -0.1) is 0 Å². The Morgan fingerprint density at radius 3 is 1.02 bits per heavy atom. The molecule has 10 aromatic rings. The summed E-state index contributed by atoms with van der Waals surface area (Å²) in [7, 11) is 9.86. The summed E-state index contributed by atoms with van der Waals surface area (Å²) in [6, 6.07) is 55.7. The number of aromatic nitrogens is 5. The van der Waals surface area contributed by atoms with E-state index >= 15 is 0 Å². The topological polar surface area (TPSA) is 19.4 Å². The highest BCUT2D eigenvalue weighted by Gasteiger charge is 2.21. The van der Waals surface area contributed by atoms with E-state index in [1.807, 2.05) is 93.9 Å². The van der Waals surface area contributed by atoms with Gasteiger partial charge in [0.25, 0.3) is 0 Å². The fraction of sp³-hybridized carbons (Fsp3) is 0.353. The summed E-state index contributed by atoms with van der Waals surface area (Å²) in [5.74, 6) is -2.18. The third kappa shape index (κ3) is 19.2. The Hall–Kier alpha value is -8.15. The fourth-order valence-electron chi connectivity index (χ4n) is 11.4. The Bertz CT molecular complexity index is 4510. The van der Waals surface area contributed by atoms with Gasteiger partial charge in [0.15, 0.2) is 31.0 Å². The first-order valence-electron chi connectivity index (χ1n) is 37.6. The Labute approximate surface area is 562 Å². The summed E-state index contributed by atoms with van der Waals surface area (Å²) in [6.45, 7) is 22.7. The monoisotopic (exact) mass is 1210 g/mol. The number of hydrogen-bond acceptors (Lipinski definition) is 0. The van der Waals surface area contributed by atoms with Crippen LogP contribution in [0.25, 0.3) is 56.3 Å². The lowest BCUT2D eigenvalue weighted by atomic mass is 9.96. The van der Waals surface area contributed by atoms with Gasteiger partial charge in [-0.05, 0) is 184 Å². The van der Waals surface area contributed by atoms with E-state index in [1.54, 1.807) is 31.7 Å². The van der Waals surface area contributed by atoms with Crippen molar-refractivity contribution in [2.75, 3.05) is 0 Å². The molecule has 5 nitrogen and oxygen atoms in total. The van der Waals surface area contributed by atoms with Crippen LogP contribution < -0.4 is 22.8 Å². The molecule has 5 heterocycles. The molecule has 1 atom stereocenters. The molecular formula is C85H110N5+5. The normalized spacial score (nSPS) is 14.2. The SMILES string of the molecule is Cc1ccccc1-c1cc(CC(C)C)cc[n+]1C.Cc1ccccc1-c1ccc(CC(C)C)c[n+]1C.[2H]C(C)(C)c1c[n+](C)c(-c2ccccc2C)cc1C.[2H]C([2H])([2H])c1c[n+](C)c(-c2ccccc2C)cc1C([2H])(C)C.[2H]C([2H])([2H])c1c[n+](C)c(-c2ccccc2C)cc1C([2H])(C)C([2H])([2H])[2H]. The molecular weight excluding hydrogens is 1090 g/mol. The lowest BCUT2D eigenvalue weighted by molar-refractivity contribution is -0.661. The maximum absolute atomic E-state index is 8.40. The van der Waals surface area contributed by atoms with Crippen molar-refractivity contribution in [1.29, 1.82) is 0 Å². The molecule has 0 spiro atoms. The number of rotatable bonds is 12. The number of pyridine rings is 5. The van der Waals surface area contributed by atoms with E-state index in [1.165, 1.54) is 86.3 Å². The smallest absolute Gasteiger partial charge is 0.201 e. The molecule has 10 rings (SSSR count). The van der Waals surface area contributed by atoms with Crippen LogP contribution >= 0.6 is 0 Å². The van der Waals surface area contributed by atoms with Gasteiger partial charge in [-0.25, -0.2) is 22.8 Å². The van der Waals surface area contributed by atoms with Crippen LogP contribution in [0.3, 0.4) is 0 Å². The highest BCUT2D eigenvalue weighted by molar-refractivity contribution is 5.65. The van der Waals surface area contributed by atoms with Crippen LogP contribution in [0.15, 0.2) is 195 Å². The van der Waals surface area contributed by atoms with Crippen LogP contribution in [0.2, 0.25) is 0 Å². The molecule has 0 bridgehead atoms. The van der Waals surface area contributed by atoms with E-state index in [0.29, 0.717) is 23.1 Å². The molecule has 0 radical (unpaired) electrons. The van der Waals surface area contributed by atoms with E-state index in [2.05, 4.69) is 212 Å². The Morgan fingerprint density at radius 1 is 0.311 bits per heavy atom. The van der Waals surface area contributed by atoms with Crippen molar-refractivity contribution < 1.29 is 39.3 Å². The van der Waals surface area contributed by atoms with Crippen molar-refractivity contribution in [2.45, 2.75) is 155 Å². The molecule has 5 aromatic heterocycles. The van der Waals surface area contributed by atoms with Crippen LogP contribution in [-0.2, 0) is 48.1 Å². The van der Waals surface area contributed by atoms with Crippen LogP contribution in [0.5, 0.6) is 0 Å². The zero-order valence-corrected chi connectivity index (χ0v) is 57.8. The molecule has 0 amide bonds. The average Bonchev–Trinajstić information content (AvgIpc) is 0.763. The highest BCUT2D eigenvalue weighted by Crippen LogP contribution is 2.29. The second kappa shape index (κ2) is 33.1. The molecule has 0 fully saturated rings. The van der Waals surface area contributed by atoms with E-state index in [4.69, 9.17) is 16.4 Å². The van der Waals surface area contributed by atoms with Gasteiger partial charge in [0.05, 0.1) is 0 Å². The Kier molecular flexibility index (Phi) is 20.1. The van der Waals surface area contributed by atoms with Gasteiger partial charge in [0.2, 0.25) is 28.5 Å². The first-order chi connectivity index (χ1) is 47.2. The van der Waals surface area contributed by atoms with Crippen molar-refractivity contribution in [1.82, 2.24) is 0 Å². The largest absolute Gasteiger partial charge is 0.212 e. The minimum Gasteiger partial charge on any atom is -0.201 e. The highest BCUT2D eigenvalue weighted by atomic mass is 14.9. The van der Waals surface area contributed by atoms with Crippen molar-refractivity contribution in [3.05, 3.63) is 267 Å². The Balaban J connectivity index is 0.000000202. The number of aryl methyl sites for hydroxylation is 13. The maximum atomic E-state index is 8.40. The number of hydrogen-bond donors (Lipinski definition) is 0. The quantitative estimate of drug-likeness (QED) is 0.109. The molecule has 0 aliphatic carbocycles. The van der Waals surface area contributed by atoms with Gasteiger partial charge in [0.1, 0.15) is 35.2 Å². The zero-order chi connectivity index (χ0) is 76.4. The molecule has 5 heteroatoms. The van der Waals surface area contributed by atoms with Gasteiger partial charge in [0, 0.05) is 103 Å². The molecule has 0 aliphatic heterocycles. The van der Waals surface area contributed by atoms with Gasteiger partial charge < -0.3 is 0 Å². The summed E-state index contributed by atoms with van der Waals surface area (Å²) < 4.78 is 105. The average molecular weight is 1210 g/mol. The summed E-state index contributed by atoms with van der Waals surface area (Å²) in [5, 5.41) is 0. The van der Waals surface area contributed by atoms with Crippen LogP contribution in [0.4, 0.5) is 0 Å². The first kappa shape index (κ1) is 54.8. The van der Waals surface area contributed by atoms with E-state index < -0.39 is 38.2 Å². The van der Waals surface area contributed by atoms with Crippen molar-refractivity contribution in [2.24, 2.45) is 47.1 Å². The lowest BCUT2D eigenvalue weighted by Crippen LogP contribution is -2.32. The molecule has 0 saturated heterocycles. The summed E-state index contributed by atoms with van der Waals surface area (Å²) in [4.78, 5) is 0. The molecule has 5 aromatic carbocycles. The van der Waals surface area contributed by atoms with Gasteiger partial charge in [-0.3, -0.25) is 0 Å². The molecule has 0 aliphatic rings. The van der Waals surface area contributed by atoms with Crippen molar-refractivity contribution in [3.8, 4) is 56.3 Å². The first-order valence-corrected chi connectivity index (χ1v) is 31.6.